The number of carbonyl (C=O) groups excluding carboxylic acids is 1. The molecule has 1 N–H and O–H groups in total. The fourth-order valence-electron chi connectivity index (χ4n) is 2.02. The van der Waals surface area contributed by atoms with E-state index in [1.54, 1.807) is 12.5 Å². The maximum absolute atomic E-state index is 11.6. The Hall–Kier alpha value is -1.56. The quantitative estimate of drug-likeness (QED) is 0.908. The number of hydrogen-bond donors (Lipinski definition) is 1. The number of hydrogen-bond acceptors (Lipinski definition) is 4. The summed E-state index contributed by atoms with van der Waals surface area (Å²) in [6.45, 7) is 7.41. The van der Waals surface area contributed by atoms with Gasteiger partial charge in [-0.2, -0.15) is 0 Å². The molecule has 6 heteroatoms. The number of ether oxygens (including phenoxy) is 2. The van der Waals surface area contributed by atoms with Crippen LogP contribution in [0.5, 0.6) is 0 Å². The number of carbonyl (C=O) groups is 1. The standard InChI is InChI=1S/C13H21N3O3/c1-13(2,3)19-12(17)15-7-11-6-14-9-16(11)10-4-5-18-8-10/h6,9-10H,4-5,7-8H2,1-3H3,(H,15,17). The molecule has 1 aromatic rings. The van der Waals surface area contributed by atoms with Crippen LogP contribution in [0.25, 0.3) is 0 Å². The molecule has 1 saturated heterocycles. The van der Waals surface area contributed by atoms with Gasteiger partial charge in [-0.1, -0.05) is 0 Å². The van der Waals surface area contributed by atoms with Crippen LogP contribution in [-0.4, -0.2) is 34.5 Å². The number of aromatic nitrogens is 2. The first-order valence-electron chi connectivity index (χ1n) is 6.51. The average molecular weight is 267 g/mol. The number of imidazole rings is 1. The van der Waals surface area contributed by atoms with Crippen molar-refractivity contribution in [3.8, 4) is 0 Å². The molecule has 106 valence electrons. The van der Waals surface area contributed by atoms with Crippen molar-refractivity contribution in [3.63, 3.8) is 0 Å². The number of nitrogens with zero attached hydrogens (tertiary/aromatic N) is 2. The normalized spacial score (nSPS) is 19.4. The van der Waals surface area contributed by atoms with E-state index in [0.717, 1.165) is 18.7 Å². The third kappa shape index (κ3) is 3.96. The zero-order chi connectivity index (χ0) is 13.9. The molecule has 0 radical (unpaired) electrons. The fraction of sp³-hybridized carbons (Fsp3) is 0.692. The molecular formula is C13H21N3O3. The van der Waals surface area contributed by atoms with E-state index in [0.29, 0.717) is 19.2 Å². The molecule has 1 aliphatic rings. The van der Waals surface area contributed by atoms with Gasteiger partial charge in [0.05, 0.1) is 31.2 Å². The predicted molar refractivity (Wildman–Crippen MR) is 69.8 cm³/mol. The van der Waals surface area contributed by atoms with Crippen molar-refractivity contribution in [3.05, 3.63) is 18.2 Å². The summed E-state index contributed by atoms with van der Waals surface area (Å²) in [5.41, 5.74) is 0.477. The van der Waals surface area contributed by atoms with Crippen LogP contribution >= 0.6 is 0 Å². The summed E-state index contributed by atoms with van der Waals surface area (Å²) in [7, 11) is 0. The average Bonchev–Trinajstić information content (AvgIpc) is 2.94. The van der Waals surface area contributed by atoms with E-state index in [-0.39, 0.29) is 0 Å². The van der Waals surface area contributed by atoms with Gasteiger partial charge in [-0.25, -0.2) is 9.78 Å². The molecule has 1 amide bonds. The molecule has 1 aliphatic heterocycles. The molecule has 1 fully saturated rings. The second-order valence-corrected chi connectivity index (χ2v) is 5.67. The lowest BCUT2D eigenvalue weighted by Gasteiger charge is -2.20. The zero-order valence-electron chi connectivity index (χ0n) is 11.7. The Morgan fingerprint density at radius 3 is 3.05 bits per heavy atom. The van der Waals surface area contributed by atoms with E-state index < -0.39 is 11.7 Å². The van der Waals surface area contributed by atoms with E-state index in [4.69, 9.17) is 9.47 Å². The van der Waals surface area contributed by atoms with E-state index >= 15 is 0 Å². The van der Waals surface area contributed by atoms with Crippen LogP contribution < -0.4 is 5.32 Å². The summed E-state index contributed by atoms with van der Waals surface area (Å²) < 4.78 is 12.6. The van der Waals surface area contributed by atoms with E-state index in [2.05, 4.69) is 14.9 Å². The van der Waals surface area contributed by atoms with Gasteiger partial charge in [-0.15, -0.1) is 0 Å². The summed E-state index contributed by atoms with van der Waals surface area (Å²) >= 11 is 0. The minimum atomic E-state index is -0.483. The molecule has 1 atom stereocenters. The van der Waals surface area contributed by atoms with E-state index in [9.17, 15) is 4.79 Å². The van der Waals surface area contributed by atoms with Crippen molar-refractivity contribution in [2.45, 2.75) is 45.4 Å². The summed E-state index contributed by atoms with van der Waals surface area (Å²) in [6.07, 6.45) is 4.11. The summed E-state index contributed by atoms with van der Waals surface area (Å²) in [4.78, 5) is 15.7. The first-order valence-corrected chi connectivity index (χ1v) is 6.51. The largest absolute Gasteiger partial charge is 0.444 e. The van der Waals surface area contributed by atoms with Gasteiger partial charge < -0.3 is 19.4 Å². The van der Waals surface area contributed by atoms with Gasteiger partial charge in [0, 0.05) is 12.8 Å². The van der Waals surface area contributed by atoms with Crippen molar-refractivity contribution in [1.29, 1.82) is 0 Å². The third-order valence-electron chi connectivity index (χ3n) is 2.86. The number of rotatable bonds is 3. The lowest BCUT2D eigenvalue weighted by atomic mass is 10.2. The Morgan fingerprint density at radius 1 is 1.63 bits per heavy atom. The maximum Gasteiger partial charge on any atom is 0.407 e. The van der Waals surface area contributed by atoms with Crippen LogP contribution in [0, 0.1) is 0 Å². The van der Waals surface area contributed by atoms with Crippen molar-refractivity contribution in [2.24, 2.45) is 0 Å². The van der Waals surface area contributed by atoms with Crippen LogP contribution in [0.3, 0.4) is 0 Å². The van der Waals surface area contributed by atoms with Crippen molar-refractivity contribution < 1.29 is 14.3 Å². The molecule has 0 aromatic carbocycles. The van der Waals surface area contributed by atoms with Crippen molar-refractivity contribution in [1.82, 2.24) is 14.9 Å². The van der Waals surface area contributed by atoms with Crippen LogP contribution in [0.4, 0.5) is 4.79 Å². The number of nitrogens with one attached hydrogen (secondary N) is 1. The Bertz CT molecular complexity index is 431. The first-order chi connectivity index (χ1) is 8.96. The van der Waals surface area contributed by atoms with Gasteiger partial charge in [-0.05, 0) is 27.2 Å². The second-order valence-electron chi connectivity index (χ2n) is 5.67. The monoisotopic (exact) mass is 267 g/mol. The smallest absolute Gasteiger partial charge is 0.407 e. The number of amides is 1. The second kappa shape index (κ2) is 5.61. The molecule has 0 saturated carbocycles. The minimum absolute atomic E-state index is 0.318. The van der Waals surface area contributed by atoms with Crippen LogP contribution in [0.15, 0.2) is 12.5 Å². The van der Waals surface area contributed by atoms with Crippen LogP contribution in [-0.2, 0) is 16.0 Å². The topological polar surface area (TPSA) is 65.4 Å². The van der Waals surface area contributed by atoms with Gasteiger partial charge >= 0.3 is 6.09 Å². The highest BCUT2D eigenvalue weighted by Gasteiger charge is 2.20. The SMILES string of the molecule is CC(C)(C)OC(=O)NCc1cncn1C1CCOC1. The van der Waals surface area contributed by atoms with E-state index in [1.165, 1.54) is 0 Å². The summed E-state index contributed by atoms with van der Waals surface area (Å²) in [6, 6.07) is 0.318. The molecule has 0 aliphatic carbocycles. The molecule has 0 spiro atoms. The molecular weight excluding hydrogens is 246 g/mol. The van der Waals surface area contributed by atoms with Gasteiger partial charge in [0.15, 0.2) is 0 Å². The Kier molecular flexibility index (Phi) is 4.09. The molecule has 1 aromatic heterocycles. The van der Waals surface area contributed by atoms with Gasteiger partial charge in [-0.3, -0.25) is 0 Å². The molecule has 6 nitrogen and oxygen atoms in total. The lowest BCUT2D eigenvalue weighted by molar-refractivity contribution is 0.0522. The first kappa shape index (κ1) is 13.9. The van der Waals surface area contributed by atoms with Crippen molar-refractivity contribution in [2.75, 3.05) is 13.2 Å². The highest BCUT2D eigenvalue weighted by atomic mass is 16.6. The molecule has 19 heavy (non-hydrogen) atoms. The highest BCUT2D eigenvalue weighted by molar-refractivity contribution is 5.67. The number of alkyl carbamates (subject to hydrolysis) is 1. The van der Waals surface area contributed by atoms with E-state index in [1.807, 2.05) is 20.8 Å². The third-order valence-corrected chi connectivity index (χ3v) is 2.86. The fourth-order valence-corrected chi connectivity index (χ4v) is 2.02. The lowest BCUT2D eigenvalue weighted by Crippen LogP contribution is -2.32. The minimum Gasteiger partial charge on any atom is -0.444 e. The van der Waals surface area contributed by atoms with Crippen LogP contribution in [0.1, 0.15) is 38.9 Å². The summed E-state index contributed by atoms with van der Waals surface area (Å²) in [5, 5.41) is 2.74. The molecule has 2 heterocycles. The Balaban J connectivity index is 1.89. The van der Waals surface area contributed by atoms with Crippen LogP contribution in [0.2, 0.25) is 0 Å². The molecule has 2 rings (SSSR count). The molecule has 0 bridgehead atoms. The summed E-state index contributed by atoms with van der Waals surface area (Å²) in [5.74, 6) is 0. The highest BCUT2D eigenvalue weighted by Crippen LogP contribution is 2.20. The molecule has 1 unspecified atom stereocenters. The maximum atomic E-state index is 11.6. The predicted octanol–water partition coefficient (Wildman–Crippen LogP) is 1.87. The van der Waals surface area contributed by atoms with Gasteiger partial charge in [0.2, 0.25) is 0 Å². The van der Waals surface area contributed by atoms with Gasteiger partial charge in [0.25, 0.3) is 0 Å². The zero-order valence-corrected chi connectivity index (χ0v) is 11.7. The van der Waals surface area contributed by atoms with Gasteiger partial charge in [0.1, 0.15) is 5.60 Å². The Morgan fingerprint density at radius 2 is 2.42 bits per heavy atom. The van der Waals surface area contributed by atoms with Crippen molar-refractivity contribution >= 4 is 6.09 Å². The Labute approximate surface area is 113 Å².